The van der Waals surface area contributed by atoms with Gasteiger partial charge in [0.2, 0.25) is 0 Å². The van der Waals surface area contributed by atoms with E-state index < -0.39 is 12.3 Å². The Kier molecular flexibility index (Phi) is 7.12. The summed E-state index contributed by atoms with van der Waals surface area (Å²) in [5.74, 6) is -0.363. The summed E-state index contributed by atoms with van der Waals surface area (Å²) in [7, 11) is 0. The number of rotatable bonds is 7. The van der Waals surface area contributed by atoms with Crippen LogP contribution in [0.25, 0.3) is 0 Å². The van der Waals surface area contributed by atoms with Crippen molar-refractivity contribution in [3.63, 3.8) is 0 Å². The molecule has 0 aliphatic carbocycles. The quantitative estimate of drug-likeness (QED) is 0.350. The molecule has 0 unspecified atom stereocenters. The second kappa shape index (κ2) is 10.2. The lowest BCUT2D eigenvalue weighted by molar-refractivity contribution is -0.245. The van der Waals surface area contributed by atoms with Gasteiger partial charge in [-0.1, -0.05) is 48.5 Å². The van der Waals surface area contributed by atoms with Crippen molar-refractivity contribution in [3.8, 4) is 0 Å². The van der Waals surface area contributed by atoms with Crippen molar-refractivity contribution in [1.82, 2.24) is 0 Å². The summed E-state index contributed by atoms with van der Waals surface area (Å²) in [4.78, 5) is 12.2. The van der Waals surface area contributed by atoms with E-state index in [4.69, 9.17) is 15.2 Å². The SMILES string of the molecule is Nc1cccc([C@@H]2O[C@H](CSc3ccccc3C(=O)O)C[C@H](c3ccc(CO)cc3)O2)c1. The van der Waals surface area contributed by atoms with Crippen LogP contribution in [0.1, 0.15) is 45.9 Å². The Labute approximate surface area is 191 Å². The molecule has 0 amide bonds. The van der Waals surface area contributed by atoms with Crippen molar-refractivity contribution >= 4 is 23.4 Å². The summed E-state index contributed by atoms with van der Waals surface area (Å²) >= 11 is 1.47. The van der Waals surface area contributed by atoms with E-state index in [0.29, 0.717) is 22.8 Å². The molecule has 0 radical (unpaired) electrons. The first kappa shape index (κ1) is 22.4. The lowest BCUT2D eigenvalue weighted by atomic mass is 10.0. The summed E-state index contributed by atoms with van der Waals surface area (Å²) in [6, 6.07) is 22.1. The highest BCUT2D eigenvalue weighted by molar-refractivity contribution is 7.99. The first-order chi connectivity index (χ1) is 15.5. The summed E-state index contributed by atoms with van der Waals surface area (Å²) in [5, 5.41) is 18.8. The third kappa shape index (κ3) is 5.31. The van der Waals surface area contributed by atoms with E-state index >= 15 is 0 Å². The number of carbonyl (C=O) groups is 1. The number of aliphatic hydroxyl groups is 1. The Morgan fingerprint density at radius 2 is 1.78 bits per heavy atom. The maximum atomic E-state index is 11.5. The zero-order chi connectivity index (χ0) is 22.5. The van der Waals surface area contributed by atoms with Gasteiger partial charge in [0.25, 0.3) is 0 Å². The molecular formula is C25H25NO5S. The van der Waals surface area contributed by atoms with Gasteiger partial charge in [-0.3, -0.25) is 0 Å². The lowest BCUT2D eigenvalue weighted by Gasteiger charge is -2.36. The van der Waals surface area contributed by atoms with Crippen LogP contribution in [0.15, 0.2) is 77.7 Å². The zero-order valence-electron chi connectivity index (χ0n) is 17.4. The molecule has 3 aromatic carbocycles. The fourth-order valence-electron chi connectivity index (χ4n) is 3.68. The minimum absolute atomic E-state index is 0.0108. The van der Waals surface area contributed by atoms with Gasteiger partial charge in [-0.25, -0.2) is 4.79 Å². The van der Waals surface area contributed by atoms with Gasteiger partial charge >= 0.3 is 5.97 Å². The molecule has 0 spiro atoms. The van der Waals surface area contributed by atoms with E-state index in [9.17, 15) is 15.0 Å². The van der Waals surface area contributed by atoms with Crippen LogP contribution in [0.5, 0.6) is 0 Å². The van der Waals surface area contributed by atoms with E-state index in [1.165, 1.54) is 11.8 Å². The van der Waals surface area contributed by atoms with Crippen LogP contribution in [-0.4, -0.2) is 28.0 Å². The van der Waals surface area contributed by atoms with E-state index in [1.807, 2.05) is 60.7 Å². The Bertz CT molecular complexity index is 1070. The number of hydrogen-bond donors (Lipinski definition) is 3. The van der Waals surface area contributed by atoms with Crippen LogP contribution in [0, 0.1) is 0 Å². The number of benzene rings is 3. The van der Waals surface area contributed by atoms with Crippen LogP contribution < -0.4 is 5.73 Å². The smallest absolute Gasteiger partial charge is 0.336 e. The highest BCUT2D eigenvalue weighted by atomic mass is 32.2. The molecule has 0 aromatic heterocycles. The fourth-order valence-corrected chi connectivity index (χ4v) is 4.75. The van der Waals surface area contributed by atoms with Gasteiger partial charge in [-0.15, -0.1) is 11.8 Å². The second-order valence-electron chi connectivity index (χ2n) is 7.63. The molecule has 7 heteroatoms. The van der Waals surface area contributed by atoms with Gasteiger partial charge in [0.1, 0.15) is 0 Å². The summed E-state index contributed by atoms with van der Waals surface area (Å²) in [6.45, 7) is -0.0108. The summed E-state index contributed by atoms with van der Waals surface area (Å²) in [5.41, 5.74) is 9.55. The standard InChI is InChI=1S/C25H25NO5S/c26-19-5-3-4-18(12-19)25-30-20(15-32-23-7-2-1-6-21(23)24(28)29)13-22(31-25)17-10-8-16(14-27)9-11-17/h1-12,20,22,25,27H,13-15,26H2,(H,28,29)/t20-,22+,25+/m0/s1. The molecule has 0 saturated carbocycles. The first-order valence-corrected chi connectivity index (χ1v) is 11.3. The van der Waals surface area contributed by atoms with Gasteiger partial charge in [0.15, 0.2) is 6.29 Å². The number of nitrogens with two attached hydrogens (primary N) is 1. The van der Waals surface area contributed by atoms with E-state index in [-0.39, 0.29) is 24.4 Å². The number of carboxylic acids is 1. The van der Waals surface area contributed by atoms with Crippen molar-refractivity contribution < 1.29 is 24.5 Å². The molecule has 3 atom stereocenters. The summed E-state index contributed by atoms with van der Waals surface area (Å²) in [6.07, 6.45) is -0.331. The predicted molar refractivity (Wildman–Crippen MR) is 123 cm³/mol. The molecule has 6 nitrogen and oxygen atoms in total. The second-order valence-corrected chi connectivity index (χ2v) is 8.69. The van der Waals surface area contributed by atoms with Crippen molar-refractivity contribution in [2.75, 3.05) is 11.5 Å². The van der Waals surface area contributed by atoms with Gasteiger partial charge in [-0.05, 0) is 35.4 Å². The predicted octanol–water partition coefficient (Wildman–Crippen LogP) is 4.80. The largest absolute Gasteiger partial charge is 0.478 e. The number of thioether (sulfide) groups is 1. The number of aromatic carboxylic acids is 1. The third-order valence-electron chi connectivity index (χ3n) is 5.34. The average Bonchev–Trinajstić information content (AvgIpc) is 2.82. The lowest BCUT2D eigenvalue weighted by Crippen LogP contribution is -2.31. The molecule has 3 aromatic rings. The maximum absolute atomic E-state index is 11.5. The highest BCUT2D eigenvalue weighted by Crippen LogP contribution is 2.40. The molecule has 32 heavy (non-hydrogen) atoms. The summed E-state index contributed by atoms with van der Waals surface area (Å²) < 4.78 is 12.5. The molecule has 1 heterocycles. The minimum atomic E-state index is -0.944. The number of hydrogen-bond acceptors (Lipinski definition) is 6. The Morgan fingerprint density at radius 3 is 2.50 bits per heavy atom. The Balaban J connectivity index is 1.55. The maximum Gasteiger partial charge on any atom is 0.336 e. The molecule has 166 valence electrons. The van der Waals surface area contributed by atoms with Gasteiger partial charge < -0.3 is 25.4 Å². The number of nitrogen functional groups attached to an aromatic ring is 1. The number of ether oxygens (including phenoxy) is 2. The van der Waals surface area contributed by atoms with Gasteiger partial charge in [0.05, 0.1) is 24.4 Å². The third-order valence-corrected chi connectivity index (χ3v) is 6.55. The number of aliphatic hydroxyl groups excluding tert-OH is 1. The van der Waals surface area contributed by atoms with Gasteiger partial charge in [0, 0.05) is 28.3 Å². The van der Waals surface area contributed by atoms with Gasteiger partial charge in [-0.2, -0.15) is 0 Å². The fraction of sp³-hybridized carbons (Fsp3) is 0.240. The Morgan fingerprint density at radius 1 is 1.00 bits per heavy atom. The Hall–Kier alpha value is -2.84. The van der Waals surface area contributed by atoms with Crippen molar-refractivity contribution in [1.29, 1.82) is 0 Å². The molecule has 1 saturated heterocycles. The van der Waals surface area contributed by atoms with Crippen molar-refractivity contribution in [2.45, 2.75) is 36.4 Å². The van der Waals surface area contributed by atoms with Crippen LogP contribution >= 0.6 is 11.8 Å². The molecular weight excluding hydrogens is 426 g/mol. The molecule has 1 fully saturated rings. The molecule has 0 bridgehead atoms. The molecule has 4 N–H and O–H groups in total. The monoisotopic (exact) mass is 451 g/mol. The van der Waals surface area contributed by atoms with Crippen molar-refractivity contribution in [2.24, 2.45) is 0 Å². The first-order valence-electron chi connectivity index (χ1n) is 10.3. The van der Waals surface area contributed by atoms with E-state index in [0.717, 1.165) is 16.7 Å². The van der Waals surface area contributed by atoms with Crippen LogP contribution in [-0.2, 0) is 16.1 Å². The van der Waals surface area contributed by atoms with E-state index in [2.05, 4.69) is 0 Å². The number of carboxylic acid groups (broad SMARTS) is 1. The number of anilines is 1. The highest BCUT2D eigenvalue weighted by Gasteiger charge is 2.32. The average molecular weight is 452 g/mol. The molecule has 4 rings (SSSR count). The van der Waals surface area contributed by atoms with Crippen LogP contribution in [0.3, 0.4) is 0 Å². The molecule has 1 aliphatic rings. The topological polar surface area (TPSA) is 102 Å². The minimum Gasteiger partial charge on any atom is -0.478 e. The zero-order valence-corrected chi connectivity index (χ0v) is 18.2. The van der Waals surface area contributed by atoms with Crippen LogP contribution in [0.2, 0.25) is 0 Å². The molecule has 1 aliphatic heterocycles. The van der Waals surface area contributed by atoms with Crippen molar-refractivity contribution in [3.05, 3.63) is 95.1 Å². The van der Waals surface area contributed by atoms with Crippen LogP contribution in [0.4, 0.5) is 5.69 Å². The van der Waals surface area contributed by atoms with E-state index in [1.54, 1.807) is 12.1 Å². The normalized spacial score (nSPS) is 20.7.